The average Bonchev–Trinajstić information content (AvgIpc) is 3.31. The van der Waals surface area contributed by atoms with Gasteiger partial charge in [0, 0.05) is 22.0 Å². The van der Waals surface area contributed by atoms with E-state index in [9.17, 15) is 24.4 Å². The van der Waals surface area contributed by atoms with Gasteiger partial charge < -0.3 is 9.47 Å². The number of Topliss-reactive ketones (excluding diaryl/α,β-unsaturated/α-hetero) is 1. The monoisotopic (exact) mass is 655 g/mol. The van der Waals surface area contributed by atoms with Crippen LogP contribution < -0.4 is 9.64 Å². The molecule has 214 valence electrons. The number of benzene rings is 3. The van der Waals surface area contributed by atoms with Crippen LogP contribution in [0.5, 0.6) is 5.75 Å². The number of pyridine rings is 1. The number of aromatic nitrogens is 1. The van der Waals surface area contributed by atoms with E-state index in [0.29, 0.717) is 33.3 Å². The van der Waals surface area contributed by atoms with Crippen molar-refractivity contribution in [3.05, 3.63) is 106 Å². The van der Waals surface area contributed by atoms with Crippen molar-refractivity contribution in [1.29, 1.82) is 5.26 Å². The number of methoxy groups -OCH3 is 1. The van der Waals surface area contributed by atoms with Gasteiger partial charge in [-0.2, -0.15) is 5.26 Å². The van der Waals surface area contributed by atoms with Gasteiger partial charge in [0.1, 0.15) is 16.8 Å². The van der Waals surface area contributed by atoms with E-state index in [4.69, 9.17) is 9.47 Å². The summed E-state index contributed by atoms with van der Waals surface area (Å²) in [6, 6.07) is 25.2. The van der Waals surface area contributed by atoms with Crippen LogP contribution in [0, 0.1) is 11.3 Å². The summed E-state index contributed by atoms with van der Waals surface area (Å²) in [5, 5.41) is 9.20. The number of ether oxygens (including phenoxy) is 2. The molecular weight excluding hydrogens is 634 g/mol. The quantitative estimate of drug-likeness (QED) is 0.124. The van der Waals surface area contributed by atoms with Gasteiger partial charge in [0.25, 0.3) is 0 Å². The predicted molar refractivity (Wildman–Crippen MR) is 163 cm³/mol. The lowest BCUT2D eigenvalue weighted by atomic mass is 10.1. The number of nitriles is 1. The maximum absolute atomic E-state index is 13.3. The largest absolute Gasteiger partial charge is 0.497 e. The number of carbonyl (C=O) groups is 4. The number of hydrogen-bond donors (Lipinski definition) is 0. The van der Waals surface area contributed by atoms with Crippen molar-refractivity contribution in [1.82, 2.24) is 4.98 Å². The summed E-state index contributed by atoms with van der Waals surface area (Å²) in [6.07, 6.45) is -0.0786. The molecule has 43 heavy (non-hydrogen) atoms. The Hall–Kier alpha value is -4.79. The average molecular weight is 657 g/mol. The molecule has 2 amide bonds. The summed E-state index contributed by atoms with van der Waals surface area (Å²) in [5.41, 5.74) is 2.58. The summed E-state index contributed by atoms with van der Waals surface area (Å²) < 4.78 is 11.2. The van der Waals surface area contributed by atoms with E-state index in [0.717, 1.165) is 26.7 Å². The van der Waals surface area contributed by atoms with Crippen molar-refractivity contribution in [3.63, 3.8) is 0 Å². The third-order valence-electron chi connectivity index (χ3n) is 6.59. The molecule has 1 aromatic heterocycles. The molecule has 3 aromatic carbocycles. The molecule has 1 aliphatic rings. The molecule has 1 unspecified atom stereocenters. The van der Waals surface area contributed by atoms with Crippen LogP contribution in [0.25, 0.3) is 11.3 Å². The van der Waals surface area contributed by atoms with Crippen molar-refractivity contribution >= 4 is 56.9 Å². The molecule has 5 rings (SSSR count). The minimum atomic E-state index is -0.785. The predicted octanol–water partition coefficient (Wildman–Crippen LogP) is 5.86. The molecule has 1 saturated heterocycles. The maximum Gasteiger partial charge on any atom is 0.338 e. The van der Waals surface area contributed by atoms with E-state index in [2.05, 4.69) is 27.0 Å². The molecule has 0 N–H and O–H groups in total. The molecule has 0 aliphatic carbocycles. The van der Waals surface area contributed by atoms with Crippen molar-refractivity contribution in [3.8, 4) is 23.1 Å². The summed E-state index contributed by atoms with van der Waals surface area (Å²) in [5.74, 6) is -1.23. The van der Waals surface area contributed by atoms with Gasteiger partial charge in [0.2, 0.25) is 11.8 Å². The number of imide groups is 1. The molecule has 0 saturated carbocycles. The van der Waals surface area contributed by atoms with Crippen molar-refractivity contribution < 1.29 is 28.7 Å². The van der Waals surface area contributed by atoms with Gasteiger partial charge in [-0.05, 0) is 72.8 Å². The number of halogens is 1. The number of carbonyl (C=O) groups excluding carboxylic acids is 4. The van der Waals surface area contributed by atoms with Gasteiger partial charge in [0.05, 0.1) is 34.9 Å². The van der Waals surface area contributed by atoms with Crippen LogP contribution in [0.2, 0.25) is 0 Å². The number of amides is 2. The zero-order chi connectivity index (χ0) is 30.5. The Morgan fingerprint density at radius 3 is 2.30 bits per heavy atom. The molecule has 1 aliphatic heterocycles. The van der Waals surface area contributed by atoms with Crippen LogP contribution in [-0.2, 0) is 14.3 Å². The van der Waals surface area contributed by atoms with E-state index >= 15 is 0 Å². The van der Waals surface area contributed by atoms with E-state index in [1.165, 1.54) is 24.3 Å². The number of esters is 1. The Kier molecular flexibility index (Phi) is 8.99. The summed E-state index contributed by atoms with van der Waals surface area (Å²) in [4.78, 5) is 56.7. The molecule has 9 nitrogen and oxygen atoms in total. The topological polar surface area (TPSA) is 127 Å². The van der Waals surface area contributed by atoms with Gasteiger partial charge in [-0.25, -0.2) is 14.7 Å². The smallest absolute Gasteiger partial charge is 0.338 e. The Labute approximate surface area is 259 Å². The Bertz CT molecular complexity index is 1750. The molecule has 2 heterocycles. The van der Waals surface area contributed by atoms with E-state index in [1.54, 1.807) is 55.6 Å². The molecule has 4 aromatic rings. The highest BCUT2D eigenvalue weighted by molar-refractivity contribution is 9.10. The van der Waals surface area contributed by atoms with Gasteiger partial charge in [-0.15, -0.1) is 0 Å². The number of nitrogens with zero attached hydrogens (tertiary/aromatic N) is 3. The maximum atomic E-state index is 13.3. The first-order valence-corrected chi connectivity index (χ1v) is 14.6. The fraction of sp³-hybridized carbons (Fsp3) is 0.125. The van der Waals surface area contributed by atoms with Crippen molar-refractivity contribution in [2.24, 2.45) is 0 Å². The Morgan fingerprint density at radius 2 is 1.65 bits per heavy atom. The van der Waals surface area contributed by atoms with E-state index in [1.807, 2.05) is 12.1 Å². The number of hydrogen-bond acceptors (Lipinski definition) is 9. The van der Waals surface area contributed by atoms with Crippen molar-refractivity contribution in [2.75, 3.05) is 18.6 Å². The first-order chi connectivity index (χ1) is 20.8. The van der Waals surface area contributed by atoms with Crippen LogP contribution in [0.3, 0.4) is 0 Å². The van der Waals surface area contributed by atoms with Crippen LogP contribution in [0.15, 0.2) is 94.4 Å². The van der Waals surface area contributed by atoms with Crippen LogP contribution in [0.1, 0.15) is 32.7 Å². The van der Waals surface area contributed by atoms with Crippen LogP contribution >= 0.6 is 27.7 Å². The number of anilines is 1. The summed E-state index contributed by atoms with van der Waals surface area (Å²) in [6.45, 7) is -0.428. The normalized spacial score (nSPS) is 14.3. The van der Waals surface area contributed by atoms with Gasteiger partial charge in [-0.1, -0.05) is 39.8 Å². The highest BCUT2D eigenvalue weighted by Gasteiger charge is 2.41. The third kappa shape index (κ3) is 6.66. The minimum absolute atomic E-state index is 0.0786. The van der Waals surface area contributed by atoms with Gasteiger partial charge in [0.15, 0.2) is 12.4 Å². The molecule has 1 fully saturated rings. The fourth-order valence-corrected chi connectivity index (χ4v) is 5.68. The zero-order valence-corrected chi connectivity index (χ0v) is 25.1. The number of rotatable bonds is 9. The second-order valence-electron chi connectivity index (χ2n) is 9.32. The first-order valence-electron chi connectivity index (χ1n) is 12.9. The van der Waals surface area contributed by atoms with Crippen LogP contribution in [0.4, 0.5) is 5.69 Å². The van der Waals surface area contributed by atoms with Gasteiger partial charge in [-0.3, -0.25) is 14.4 Å². The fourth-order valence-electron chi connectivity index (χ4n) is 4.32. The summed E-state index contributed by atoms with van der Waals surface area (Å²) >= 11 is 4.37. The third-order valence-corrected chi connectivity index (χ3v) is 8.30. The second-order valence-corrected chi connectivity index (χ2v) is 11.4. The number of thioether (sulfide) groups is 1. The van der Waals surface area contributed by atoms with Crippen LogP contribution in [-0.4, -0.2) is 47.5 Å². The number of ketones is 1. The molecule has 11 heteroatoms. The van der Waals surface area contributed by atoms with Gasteiger partial charge >= 0.3 is 5.97 Å². The highest BCUT2D eigenvalue weighted by Crippen LogP contribution is 2.36. The molecule has 0 bridgehead atoms. The SMILES string of the molecule is COc1ccc(-c2ccc(C#N)c(SC3CC(=O)N(c4ccc(C(=O)OCC(=O)c5ccc(Br)cc5)cc4)C3=O)n2)cc1. The molecule has 0 spiro atoms. The molecule has 0 radical (unpaired) electrons. The lowest BCUT2D eigenvalue weighted by molar-refractivity contribution is -0.121. The Morgan fingerprint density at radius 1 is 0.977 bits per heavy atom. The second kappa shape index (κ2) is 13.0. The first kappa shape index (κ1) is 29.7. The Balaban J connectivity index is 1.25. The summed E-state index contributed by atoms with van der Waals surface area (Å²) in [7, 11) is 1.58. The lowest BCUT2D eigenvalue weighted by Gasteiger charge is -2.15. The highest BCUT2D eigenvalue weighted by atomic mass is 79.9. The standard InChI is InChI=1S/C32H22BrN3O6S/c1-41-25-13-6-19(7-14-25)26-15-8-22(17-34)30(35-26)43-28-16-29(38)36(31(28)39)24-11-4-21(5-12-24)32(40)42-18-27(37)20-2-9-23(33)10-3-20/h2-15,28H,16,18H2,1H3. The van der Waals surface area contributed by atoms with E-state index < -0.39 is 29.6 Å². The molecular formula is C32H22BrN3O6S. The van der Waals surface area contributed by atoms with E-state index in [-0.39, 0.29) is 17.8 Å². The molecule has 1 atom stereocenters. The zero-order valence-electron chi connectivity index (χ0n) is 22.7. The lowest BCUT2D eigenvalue weighted by Crippen LogP contribution is -2.31. The minimum Gasteiger partial charge on any atom is -0.497 e. The van der Waals surface area contributed by atoms with Crippen molar-refractivity contribution in [2.45, 2.75) is 16.7 Å².